The molecule has 0 atom stereocenters. The first-order chi connectivity index (χ1) is 13.1. The molecule has 10 heteroatoms. The van der Waals surface area contributed by atoms with Gasteiger partial charge in [-0.15, -0.1) is 11.3 Å². The van der Waals surface area contributed by atoms with E-state index in [1.807, 2.05) is 0 Å². The fourth-order valence-corrected chi connectivity index (χ4v) is 5.76. The maximum atomic E-state index is 12.8. The normalized spacial score (nSPS) is 15.4. The Morgan fingerprint density at radius 1 is 1.29 bits per heavy atom. The monoisotopic (exact) mass is 426 g/mol. The Labute approximate surface area is 169 Å². The molecule has 0 aromatic carbocycles. The number of aromatic nitrogens is 2. The van der Waals surface area contributed by atoms with Crippen molar-refractivity contribution in [3.05, 3.63) is 22.3 Å². The first-order valence-corrected chi connectivity index (χ1v) is 11.4. The highest BCUT2D eigenvalue weighted by molar-refractivity contribution is 7.89. The predicted molar refractivity (Wildman–Crippen MR) is 108 cm³/mol. The molecule has 28 heavy (non-hydrogen) atoms. The second-order valence-corrected chi connectivity index (χ2v) is 9.83. The molecule has 2 aromatic rings. The van der Waals surface area contributed by atoms with Gasteiger partial charge in [-0.05, 0) is 33.8 Å². The average Bonchev–Trinajstić information content (AvgIpc) is 3.15. The number of nitrogens with zero attached hydrogens (tertiary/aromatic N) is 3. The van der Waals surface area contributed by atoms with Crippen LogP contribution in [-0.4, -0.2) is 61.1 Å². The van der Waals surface area contributed by atoms with Crippen molar-refractivity contribution in [3.8, 4) is 10.7 Å². The van der Waals surface area contributed by atoms with Crippen LogP contribution in [-0.2, 0) is 21.8 Å². The maximum Gasteiger partial charge on any atom is 0.266 e. The van der Waals surface area contributed by atoms with Gasteiger partial charge >= 0.3 is 0 Å². The smallest absolute Gasteiger partial charge is 0.266 e. The summed E-state index contributed by atoms with van der Waals surface area (Å²) in [5.74, 6) is -0.0511. The molecule has 3 heterocycles. The number of hydrogen-bond acceptors (Lipinski definition) is 6. The second-order valence-electron chi connectivity index (χ2n) is 7.15. The van der Waals surface area contributed by atoms with Crippen molar-refractivity contribution in [2.24, 2.45) is 7.05 Å². The number of carbonyl (C=O) groups excluding carboxylic acids is 1. The van der Waals surface area contributed by atoms with Crippen LogP contribution in [0.3, 0.4) is 0 Å². The zero-order valence-corrected chi connectivity index (χ0v) is 18.4. The van der Waals surface area contributed by atoms with Gasteiger partial charge in [0.25, 0.3) is 5.91 Å². The van der Waals surface area contributed by atoms with Crippen LogP contribution in [0, 0.1) is 13.8 Å². The molecular weight excluding hydrogens is 400 g/mol. The van der Waals surface area contributed by atoms with Crippen LogP contribution in [0.25, 0.3) is 10.7 Å². The number of nitrogens with one attached hydrogen (secondary N) is 1. The van der Waals surface area contributed by atoms with E-state index < -0.39 is 10.0 Å². The van der Waals surface area contributed by atoms with Crippen LogP contribution in [0.2, 0.25) is 0 Å². The lowest BCUT2D eigenvalue weighted by molar-refractivity contribution is 0.0305. The van der Waals surface area contributed by atoms with Crippen LogP contribution in [0.1, 0.15) is 34.9 Å². The number of rotatable bonds is 5. The Morgan fingerprint density at radius 3 is 2.54 bits per heavy atom. The molecule has 2 aromatic heterocycles. The average molecular weight is 427 g/mol. The number of thiazole rings is 1. The van der Waals surface area contributed by atoms with Gasteiger partial charge < -0.3 is 14.2 Å². The predicted octanol–water partition coefficient (Wildman–Crippen LogP) is 1.92. The number of hydrogen-bond donors (Lipinski definition) is 1. The van der Waals surface area contributed by atoms with E-state index in [0.29, 0.717) is 53.3 Å². The van der Waals surface area contributed by atoms with E-state index in [2.05, 4.69) is 9.71 Å². The number of ether oxygens (including phenoxy) is 1. The van der Waals surface area contributed by atoms with Crippen LogP contribution in [0.15, 0.2) is 11.0 Å². The van der Waals surface area contributed by atoms with E-state index >= 15 is 0 Å². The third-order valence-electron chi connectivity index (χ3n) is 4.68. The molecule has 1 fully saturated rings. The SMILES string of the molecule is Cc1nc(-c2cc(S(=O)(=O)NC(C)C)c(C)n2C)sc1C(=O)N1CCOCC1. The van der Waals surface area contributed by atoms with Gasteiger partial charge in [0.2, 0.25) is 10.0 Å². The fraction of sp³-hybridized carbons (Fsp3) is 0.556. The molecular formula is C18H26N4O4S2. The molecule has 1 N–H and O–H groups in total. The van der Waals surface area contributed by atoms with E-state index in [1.54, 1.807) is 50.3 Å². The standard InChI is InChI=1S/C18H26N4O4S2/c1-11(2)20-28(24,25)15-10-14(21(5)13(15)4)17-19-12(3)16(27-17)18(23)22-6-8-26-9-7-22/h10-11,20H,6-9H2,1-5H3. The summed E-state index contributed by atoms with van der Waals surface area (Å²) in [6, 6.07) is 1.43. The van der Waals surface area contributed by atoms with Crippen molar-refractivity contribution >= 4 is 27.3 Å². The van der Waals surface area contributed by atoms with Gasteiger partial charge in [-0.1, -0.05) is 0 Å². The lowest BCUT2D eigenvalue weighted by Gasteiger charge is -2.26. The van der Waals surface area contributed by atoms with E-state index in [0.717, 1.165) is 0 Å². The molecule has 1 aliphatic rings. The lowest BCUT2D eigenvalue weighted by Crippen LogP contribution is -2.40. The zero-order valence-electron chi connectivity index (χ0n) is 16.8. The minimum absolute atomic E-state index is 0.0511. The van der Waals surface area contributed by atoms with E-state index in [9.17, 15) is 13.2 Å². The second kappa shape index (κ2) is 7.94. The highest BCUT2D eigenvalue weighted by Gasteiger charge is 2.27. The summed E-state index contributed by atoms with van der Waals surface area (Å²) >= 11 is 1.30. The summed E-state index contributed by atoms with van der Waals surface area (Å²) in [6.07, 6.45) is 0. The van der Waals surface area contributed by atoms with Crippen LogP contribution in [0.4, 0.5) is 0 Å². The molecule has 1 amide bonds. The van der Waals surface area contributed by atoms with Gasteiger partial charge in [0, 0.05) is 31.9 Å². The van der Waals surface area contributed by atoms with Crippen LogP contribution >= 0.6 is 11.3 Å². The number of aryl methyl sites for hydroxylation is 1. The molecule has 0 unspecified atom stereocenters. The largest absolute Gasteiger partial charge is 0.378 e. The molecule has 0 aliphatic carbocycles. The Kier molecular flexibility index (Phi) is 5.95. The highest BCUT2D eigenvalue weighted by Crippen LogP contribution is 2.33. The van der Waals surface area contributed by atoms with E-state index in [4.69, 9.17) is 4.74 Å². The molecule has 0 bridgehead atoms. The Balaban J connectivity index is 1.97. The zero-order chi connectivity index (χ0) is 20.6. The summed E-state index contributed by atoms with van der Waals surface area (Å²) in [5, 5.41) is 0.630. The minimum Gasteiger partial charge on any atom is -0.378 e. The molecule has 3 rings (SSSR count). The summed E-state index contributed by atoms with van der Waals surface area (Å²) in [7, 11) is -1.81. The van der Waals surface area contributed by atoms with Gasteiger partial charge in [0.15, 0.2) is 0 Å². The molecule has 154 valence electrons. The van der Waals surface area contributed by atoms with E-state index in [1.165, 1.54) is 11.3 Å². The van der Waals surface area contributed by atoms with Crippen molar-refractivity contribution in [2.45, 2.75) is 38.6 Å². The minimum atomic E-state index is -3.62. The Hall–Kier alpha value is -1.75. The summed E-state index contributed by atoms with van der Waals surface area (Å²) < 4.78 is 35.0. The topological polar surface area (TPSA) is 93.5 Å². The highest BCUT2D eigenvalue weighted by atomic mass is 32.2. The van der Waals surface area contributed by atoms with Crippen molar-refractivity contribution in [1.82, 2.24) is 19.2 Å². The molecule has 0 radical (unpaired) electrons. The van der Waals surface area contributed by atoms with Gasteiger partial charge in [-0.2, -0.15) is 0 Å². The lowest BCUT2D eigenvalue weighted by atomic mass is 10.3. The van der Waals surface area contributed by atoms with Crippen molar-refractivity contribution < 1.29 is 17.9 Å². The number of amides is 1. The summed E-state index contributed by atoms with van der Waals surface area (Å²) in [5.41, 5.74) is 1.95. The quantitative estimate of drug-likeness (QED) is 0.788. The number of sulfonamides is 1. The van der Waals surface area contributed by atoms with Gasteiger partial charge in [-0.25, -0.2) is 18.1 Å². The third-order valence-corrected chi connectivity index (χ3v) is 7.62. The van der Waals surface area contributed by atoms with Crippen molar-refractivity contribution in [3.63, 3.8) is 0 Å². The van der Waals surface area contributed by atoms with Crippen molar-refractivity contribution in [2.75, 3.05) is 26.3 Å². The van der Waals surface area contributed by atoms with Crippen LogP contribution < -0.4 is 4.72 Å². The third kappa shape index (κ3) is 4.00. The Bertz CT molecular complexity index is 986. The van der Waals surface area contributed by atoms with Gasteiger partial charge in [0.1, 0.15) is 14.8 Å². The summed E-state index contributed by atoms with van der Waals surface area (Å²) in [4.78, 5) is 20.0. The Morgan fingerprint density at radius 2 is 1.93 bits per heavy atom. The van der Waals surface area contributed by atoms with Crippen LogP contribution in [0.5, 0.6) is 0 Å². The molecule has 0 spiro atoms. The van der Waals surface area contributed by atoms with Gasteiger partial charge in [-0.3, -0.25) is 4.79 Å². The fourth-order valence-electron chi connectivity index (χ4n) is 3.14. The molecule has 0 saturated carbocycles. The first kappa shape index (κ1) is 21.0. The van der Waals surface area contributed by atoms with Crippen molar-refractivity contribution in [1.29, 1.82) is 0 Å². The molecule has 8 nitrogen and oxygen atoms in total. The molecule has 1 aliphatic heterocycles. The number of morpholine rings is 1. The molecule has 1 saturated heterocycles. The maximum absolute atomic E-state index is 12.8. The number of carbonyl (C=O) groups is 1. The summed E-state index contributed by atoms with van der Waals surface area (Å²) in [6.45, 7) is 9.35. The van der Waals surface area contributed by atoms with Gasteiger partial charge in [0.05, 0.1) is 24.6 Å². The first-order valence-electron chi connectivity index (χ1n) is 9.15. The van der Waals surface area contributed by atoms with E-state index in [-0.39, 0.29) is 16.8 Å².